The zero-order valence-electron chi connectivity index (χ0n) is 10.4. The Morgan fingerprint density at radius 3 is 2.82 bits per heavy atom. The molecule has 0 radical (unpaired) electrons. The first-order chi connectivity index (χ1) is 8.00. The quantitative estimate of drug-likeness (QED) is 0.864. The molecule has 1 heterocycles. The van der Waals surface area contributed by atoms with Gasteiger partial charge in [-0.3, -0.25) is 4.79 Å². The number of thioether (sulfide) groups is 1. The first-order valence-corrected chi connectivity index (χ1v) is 7.54. The molecule has 0 saturated carbocycles. The first kappa shape index (κ1) is 14.5. The highest BCUT2D eigenvalue weighted by Gasteiger charge is 2.14. The molecule has 0 fully saturated rings. The van der Waals surface area contributed by atoms with Crippen LogP contribution < -0.4 is 0 Å². The van der Waals surface area contributed by atoms with E-state index in [9.17, 15) is 9.90 Å². The summed E-state index contributed by atoms with van der Waals surface area (Å²) in [6.07, 6.45) is -0.380. The number of nitrogens with zero attached hydrogens (tertiary/aromatic N) is 1. The number of hydrogen-bond donors (Lipinski definition) is 1. The standard InChI is InChI=1S/C12H19NO2S2/c1-9(14)10(2)17-8-12(15)13(3)6-11-4-5-16-7-11/h4-5,7,9-10,14H,6,8H2,1-3H3. The van der Waals surface area contributed by atoms with Crippen molar-refractivity contribution in [1.82, 2.24) is 4.90 Å². The molecule has 1 rings (SSSR count). The smallest absolute Gasteiger partial charge is 0.232 e. The lowest BCUT2D eigenvalue weighted by Gasteiger charge is -2.18. The Kier molecular flexibility index (Phi) is 6.02. The summed E-state index contributed by atoms with van der Waals surface area (Å²) in [5.74, 6) is 0.529. The summed E-state index contributed by atoms with van der Waals surface area (Å²) in [5, 5.41) is 13.5. The molecular formula is C12H19NO2S2. The topological polar surface area (TPSA) is 40.5 Å². The molecule has 5 heteroatoms. The molecule has 3 nitrogen and oxygen atoms in total. The molecule has 0 saturated heterocycles. The number of carbonyl (C=O) groups excluding carboxylic acids is 1. The van der Waals surface area contributed by atoms with Crippen molar-refractivity contribution in [3.05, 3.63) is 22.4 Å². The summed E-state index contributed by atoms with van der Waals surface area (Å²) >= 11 is 3.13. The summed E-state index contributed by atoms with van der Waals surface area (Å²) in [7, 11) is 1.81. The molecule has 0 aliphatic carbocycles. The van der Waals surface area contributed by atoms with Crippen molar-refractivity contribution in [2.75, 3.05) is 12.8 Å². The van der Waals surface area contributed by atoms with Crippen LogP contribution in [0.2, 0.25) is 0 Å². The predicted octanol–water partition coefficient (Wildman–Crippen LogP) is 2.21. The summed E-state index contributed by atoms with van der Waals surface area (Å²) < 4.78 is 0. The van der Waals surface area contributed by atoms with E-state index in [1.807, 2.05) is 25.4 Å². The summed E-state index contributed by atoms with van der Waals surface area (Å²) in [6, 6.07) is 2.03. The zero-order valence-corrected chi connectivity index (χ0v) is 12.1. The first-order valence-electron chi connectivity index (χ1n) is 5.55. The number of thiophene rings is 1. The van der Waals surface area contributed by atoms with Crippen molar-refractivity contribution in [2.45, 2.75) is 31.7 Å². The fraction of sp³-hybridized carbons (Fsp3) is 0.583. The monoisotopic (exact) mass is 273 g/mol. The van der Waals surface area contributed by atoms with E-state index in [4.69, 9.17) is 0 Å². The highest BCUT2D eigenvalue weighted by molar-refractivity contribution is 8.00. The van der Waals surface area contributed by atoms with Crippen LogP contribution in [-0.2, 0) is 11.3 Å². The summed E-state index contributed by atoms with van der Waals surface area (Å²) in [4.78, 5) is 13.5. The number of aliphatic hydroxyl groups excluding tert-OH is 1. The van der Waals surface area contributed by atoms with Gasteiger partial charge in [-0.25, -0.2) is 0 Å². The lowest BCUT2D eigenvalue weighted by molar-refractivity contribution is -0.127. The number of aliphatic hydroxyl groups is 1. The lowest BCUT2D eigenvalue weighted by atomic mass is 10.3. The van der Waals surface area contributed by atoms with Crippen molar-refractivity contribution in [3.8, 4) is 0 Å². The largest absolute Gasteiger partial charge is 0.392 e. The Labute approximate surface area is 111 Å². The molecule has 2 atom stereocenters. The summed E-state index contributed by atoms with van der Waals surface area (Å²) in [5.41, 5.74) is 1.17. The minimum absolute atomic E-state index is 0.0912. The summed E-state index contributed by atoms with van der Waals surface area (Å²) in [6.45, 7) is 4.34. The van der Waals surface area contributed by atoms with Gasteiger partial charge in [0.25, 0.3) is 0 Å². The lowest BCUT2D eigenvalue weighted by Crippen LogP contribution is -2.29. The molecule has 17 heavy (non-hydrogen) atoms. The Morgan fingerprint density at radius 2 is 2.29 bits per heavy atom. The van der Waals surface area contributed by atoms with Crippen molar-refractivity contribution >= 4 is 29.0 Å². The van der Waals surface area contributed by atoms with Gasteiger partial charge >= 0.3 is 0 Å². The third-order valence-electron chi connectivity index (χ3n) is 2.57. The van der Waals surface area contributed by atoms with E-state index in [0.29, 0.717) is 12.3 Å². The molecule has 2 unspecified atom stereocenters. The normalized spacial score (nSPS) is 14.4. The third kappa shape index (κ3) is 5.10. The van der Waals surface area contributed by atoms with Crippen LogP contribution in [0.4, 0.5) is 0 Å². The Balaban J connectivity index is 2.32. The van der Waals surface area contributed by atoms with Crippen LogP contribution in [0.1, 0.15) is 19.4 Å². The van der Waals surface area contributed by atoms with Gasteiger partial charge in [-0.1, -0.05) is 6.92 Å². The van der Waals surface area contributed by atoms with Gasteiger partial charge in [0.15, 0.2) is 0 Å². The van der Waals surface area contributed by atoms with Crippen LogP contribution in [0.3, 0.4) is 0 Å². The van der Waals surface area contributed by atoms with E-state index in [1.54, 1.807) is 23.2 Å². The van der Waals surface area contributed by atoms with Gasteiger partial charge in [0.1, 0.15) is 0 Å². The van der Waals surface area contributed by atoms with Crippen molar-refractivity contribution in [1.29, 1.82) is 0 Å². The van der Waals surface area contributed by atoms with Crippen LogP contribution in [0.15, 0.2) is 16.8 Å². The molecular weight excluding hydrogens is 254 g/mol. The van der Waals surface area contributed by atoms with Gasteiger partial charge in [-0.2, -0.15) is 11.3 Å². The highest BCUT2D eigenvalue weighted by Crippen LogP contribution is 2.15. The maximum absolute atomic E-state index is 11.8. The molecule has 1 aromatic heterocycles. The third-order valence-corrected chi connectivity index (χ3v) is 4.64. The van der Waals surface area contributed by atoms with E-state index in [0.717, 1.165) is 0 Å². The fourth-order valence-corrected chi connectivity index (χ4v) is 2.76. The minimum Gasteiger partial charge on any atom is -0.392 e. The number of hydrogen-bond acceptors (Lipinski definition) is 4. The number of rotatable bonds is 6. The van der Waals surface area contributed by atoms with E-state index in [2.05, 4.69) is 5.38 Å². The van der Waals surface area contributed by atoms with Gasteiger partial charge in [0.2, 0.25) is 5.91 Å². The average Bonchev–Trinajstić information content (AvgIpc) is 2.77. The highest BCUT2D eigenvalue weighted by atomic mass is 32.2. The molecule has 1 aromatic rings. The second-order valence-corrected chi connectivity index (χ2v) is 6.28. The molecule has 0 aliphatic heterocycles. The Hall–Kier alpha value is -0.520. The maximum Gasteiger partial charge on any atom is 0.232 e. The number of carbonyl (C=O) groups is 1. The van der Waals surface area contributed by atoms with E-state index < -0.39 is 0 Å². The van der Waals surface area contributed by atoms with Crippen molar-refractivity contribution in [3.63, 3.8) is 0 Å². The van der Waals surface area contributed by atoms with E-state index in [-0.39, 0.29) is 17.3 Å². The van der Waals surface area contributed by atoms with Gasteiger partial charge in [0.05, 0.1) is 11.9 Å². The van der Waals surface area contributed by atoms with Gasteiger partial charge in [0, 0.05) is 18.8 Å². The SMILES string of the molecule is CC(O)C(C)SCC(=O)N(C)Cc1ccsc1. The van der Waals surface area contributed by atoms with Crippen LogP contribution in [0.5, 0.6) is 0 Å². The fourth-order valence-electron chi connectivity index (χ4n) is 1.20. The van der Waals surface area contributed by atoms with E-state index in [1.165, 1.54) is 17.3 Å². The Morgan fingerprint density at radius 1 is 1.59 bits per heavy atom. The molecule has 0 aliphatic rings. The molecule has 1 amide bonds. The zero-order chi connectivity index (χ0) is 12.8. The molecule has 0 aromatic carbocycles. The second-order valence-electron chi connectivity index (χ2n) is 4.14. The minimum atomic E-state index is -0.380. The van der Waals surface area contributed by atoms with Gasteiger partial charge in [-0.15, -0.1) is 11.8 Å². The molecule has 0 bridgehead atoms. The predicted molar refractivity (Wildman–Crippen MR) is 74.4 cm³/mol. The molecule has 0 spiro atoms. The van der Waals surface area contributed by atoms with Crippen LogP contribution in [-0.4, -0.2) is 40.1 Å². The molecule has 96 valence electrons. The second kappa shape index (κ2) is 7.03. The number of amides is 1. The van der Waals surface area contributed by atoms with Crippen LogP contribution in [0.25, 0.3) is 0 Å². The van der Waals surface area contributed by atoms with Gasteiger partial charge in [-0.05, 0) is 29.3 Å². The van der Waals surface area contributed by atoms with Crippen molar-refractivity contribution in [2.24, 2.45) is 0 Å². The maximum atomic E-state index is 11.8. The van der Waals surface area contributed by atoms with Crippen molar-refractivity contribution < 1.29 is 9.90 Å². The van der Waals surface area contributed by atoms with Crippen LogP contribution >= 0.6 is 23.1 Å². The average molecular weight is 273 g/mol. The van der Waals surface area contributed by atoms with Gasteiger partial charge < -0.3 is 10.0 Å². The molecule has 1 N–H and O–H groups in total. The van der Waals surface area contributed by atoms with E-state index >= 15 is 0 Å². The Bertz CT molecular complexity index is 338. The van der Waals surface area contributed by atoms with Crippen LogP contribution in [0, 0.1) is 0 Å².